The Bertz CT molecular complexity index is 916. The van der Waals surface area contributed by atoms with Gasteiger partial charge in [0.25, 0.3) is 5.91 Å². The number of nitrogens with zero attached hydrogens (tertiary/aromatic N) is 2. The van der Waals surface area contributed by atoms with Gasteiger partial charge in [0, 0.05) is 11.8 Å². The molecule has 0 unspecified atom stereocenters. The smallest absolute Gasteiger partial charge is 0.339 e. The Hall–Kier alpha value is -2.63. The first kappa shape index (κ1) is 25.6. The molecule has 1 amide bonds. The van der Waals surface area contributed by atoms with Crippen LogP contribution in [0.1, 0.15) is 44.9 Å². The van der Waals surface area contributed by atoms with Gasteiger partial charge in [0.1, 0.15) is 35.5 Å². The van der Waals surface area contributed by atoms with E-state index in [1.807, 2.05) is 6.92 Å². The molecule has 0 fully saturated rings. The Morgan fingerprint density at radius 2 is 2.31 bits per heavy atom. The fraction of sp³-hybridized carbons (Fsp3) is 0.524. The first-order chi connectivity index (χ1) is 15.3. The standard InChI is InChI=1S/C21H31N5O5S/c1-4-7-16(17-11-15(29-9-5-2)12-18(27)31-17)24-20(28)21(23)13-32-19(25-21)14(3)26-30-10-6-8-22/h5,11-12,16H,2,4,6-10,13,22-23H2,1,3H3,(H,24,28)/b26-14+/t16-,21+/m1/s1. The molecular weight excluding hydrogens is 434 g/mol. The van der Waals surface area contributed by atoms with Crippen LogP contribution in [0.5, 0.6) is 5.75 Å². The van der Waals surface area contributed by atoms with E-state index in [2.05, 4.69) is 22.0 Å². The molecule has 1 aliphatic rings. The minimum atomic E-state index is -1.47. The van der Waals surface area contributed by atoms with Crippen LogP contribution in [0.4, 0.5) is 0 Å². The van der Waals surface area contributed by atoms with E-state index in [-0.39, 0.29) is 18.1 Å². The highest BCUT2D eigenvalue weighted by molar-refractivity contribution is 8.16. The molecule has 0 spiro atoms. The van der Waals surface area contributed by atoms with Crippen molar-refractivity contribution in [2.45, 2.75) is 44.8 Å². The van der Waals surface area contributed by atoms with Crippen molar-refractivity contribution in [3.05, 3.63) is 41.0 Å². The topological polar surface area (TPSA) is 155 Å². The number of aliphatic imine (C=N–C) groups is 1. The zero-order valence-electron chi connectivity index (χ0n) is 18.5. The largest absolute Gasteiger partial charge is 0.489 e. The van der Waals surface area contributed by atoms with Crippen molar-refractivity contribution in [2.24, 2.45) is 21.6 Å². The highest BCUT2D eigenvalue weighted by Crippen LogP contribution is 2.27. The highest BCUT2D eigenvalue weighted by Gasteiger charge is 2.41. The number of hydrogen-bond donors (Lipinski definition) is 3. The monoisotopic (exact) mass is 465 g/mol. The molecule has 0 aromatic carbocycles. The molecule has 0 radical (unpaired) electrons. The van der Waals surface area contributed by atoms with Crippen LogP contribution >= 0.6 is 11.8 Å². The lowest BCUT2D eigenvalue weighted by molar-refractivity contribution is -0.126. The van der Waals surface area contributed by atoms with Gasteiger partial charge in [-0.3, -0.25) is 10.5 Å². The molecule has 0 saturated heterocycles. The summed E-state index contributed by atoms with van der Waals surface area (Å²) in [6.45, 7) is 8.44. The first-order valence-electron chi connectivity index (χ1n) is 10.4. The van der Waals surface area contributed by atoms with Crippen molar-refractivity contribution in [3.8, 4) is 5.75 Å². The summed E-state index contributed by atoms with van der Waals surface area (Å²) in [4.78, 5) is 34.6. The van der Waals surface area contributed by atoms with Gasteiger partial charge in [0.05, 0.1) is 12.1 Å². The number of oxime groups is 1. The van der Waals surface area contributed by atoms with Crippen molar-refractivity contribution in [3.63, 3.8) is 0 Å². The van der Waals surface area contributed by atoms with Crippen LogP contribution in [0.2, 0.25) is 0 Å². The van der Waals surface area contributed by atoms with Crippen molar-refractivity contribution in [1.82, 2.24) is 5.32 Å². The number of rotatable bonds is 13. The molecular formula is C21H31N5O5S. The van der Waals surface area contributed by atoms with E-state index in [1.165, 1.54) is 17.8 Å². The van der Waals surface area contributed by atoms with Crippen LogP contribution < -0.4 is 27.1 Å². The lowest BCUT2D eigenvalue weighted by atomic mass is 10.1. The van der Waals surface area contributed by atoms with E-state index in [4.69, 9.17) is 25.5 Å². The number of carbonyl (C=O) groups is 1. The third kappa shape index (κ3) is 7.21. The molecule has 1 aromatic rings. The van der Waals surface area contributed by atoms with E-state index in [0.717, 1.165) is 6.42 Å². The number of nitrogens with one attached hydrogen (secondary N) is 1. The number of carbonyl (C=O) groups excluding carboxylic acids is 1. The third-order valence-electron chi connectivity index (χ3n) is 4.43. The van der Waals surface area contributed by atoms with E-state index in [9.17, 15) is 9.59 Å². The van der Waals surface area contributed by atoms with Crippen LogP contribution in [0.25, 0.3) is 0 Å². The maximum Gasteiger partial charge on any atom is 0.339 e. The van der Waals surface area contributed by atoms with Crippen LogP contribution in [0.3, 0.4) is 0 Å². The average molecular weight is 466 g/mol. The molecule has 0 bridgehead atoms. The Morgan fingerprint density at radius 3 is 3.00 bits per heavy atom. The van der Waals surface area contributed by atoms with E-state index in [0.29, 0.717) is 42.5 Å². The fourth-order valence-corrected chi connectivity index (χ4v) is 3.82. The summed E-state index contributed by atoms with van der Waals surface area (Å²) >= 11 is 1.33. The predicted molar refractivity (Wildman–Crippen MR) is 126 cm³/mol. The second kappa shape index (κ2) is 12.4. The molecule has 1 aromatic heterocycles. The summed E-state index contributed by atoms with van der Waals surface area (Å²) in [6.07, 6.45) is 3.53. The Balaban J connectivity index is 2.16. The quantitative estimate of drug-likeness (QED) is 0.172. The predicted octanol–water partition coefficient (Wildman–Crippen LogP) is 1.70. The second-order valence-corrected chi connectivity index (χ2v) is 8.17. The van der Waals surface area contributed by atoms with Crippen molar-refractivity contribution < 1.29 is 18.8 Å². The number of ether oxygens (including phenoxy) is 1. The molecule has 2 rings (SSSR count). The molecule has 10 nitrogen and oxygen atoms in total. The van der Waals surface area contributed by atoms with Gasteiger partial charge in [-0.15, -0.1) is 11.8 Å². The molecule has 2 atom stereocenters. The number of amides is 1. The van der Waals surface area contributed by atoms with Crippen molar-refractivity contribution in [2.75, 3.05) is 25.5 Å². The Labute approximate surface area is 191 Å². The first-order valence-corrected chi connectivity index (χ1v) is 11.4. The lowest BCUT2D eigenvalue weighted by Gasteiger charge is -2.24. The van der Waals surface area contributed by atoms with Gasteiger partial charge in [0.15, 0.2) is 5.66 Å². The normalized spacial score (nSPS) is 19.2. The summed E-state index contributed by atoms with van der Waals surface area (Å²) in [5, 5.41) is 7.41. The zero-order valence-corrected chi connectivity index (χ0v) is 19.3. The summed E-state index contributed by atoms with van der Waals surface area (Å²) in [6, 6.07) is 2.26. The Morgan fingerprint density at radius 1 is 1.53 bits per heavy atom. The van der Waals surface area contributed by atoms with Gasteiger partial charge in [-0.05, 0) is 26.3 Å². The van der Waals surface area contributed by atoms with Gasteiger partial charge < -0.3 is 25.0 Å². The summed E-state index contributed by atoms with van der Waals surface area (Å²) in [7, 11) is 0. The second-order valence-electron chi connectivity index (χ2n) is 7.21. The molecule has 32 heavy (non-hydrogen) atoms. The third-order valence-corrected chi connectivity index (χ3v) is 5.68. The van der Waals surface area contributed by atoms with E-state index >= 15 is 0 Å². The molecule has 0 aliphatic carbocycles. The van der Waals surface area contributed by atoms with Gasteiger partial charge >= 0.3 is 5.63 Å². The van der Waals surface area contributed by atoms with Gasteiger partial charge in [-0.25, -0.2) is 9.79 Å². The van der Waals surface area contributed by atoms with Gasteiger partial charge in [-0.1, -0.05) is 31.2 Å². The SMILES string of the molecule is C=CCOc1cc([C@@H](CCC)NC(=O)[C@]2(N)CSC(/C(C)=N/OCCCN)=N2)oc(=O)c1. The van der Waals surface area contributed by atoms with Crippen molar-refractivity contribution in [1.29, 1.82) is 0 Å². The summed E-state index contributed by atoms with van der Waals surface area (Å²) in [5.74, 6) is 0.397. The number of thioether (sulfide) groups is 1. The number of hydrogen-bond acceptors (Lipinski definition) is 10. The van der Waals surface area contributed by atoms with E-state index < -0.39 is 23.2 Å². The van der Waals surface area contributed by atoms with Crippen LogP contribution in [-0.4, -0.2) is 47.8 Å². The fourth-order valence-electron chi connectivity index (χ4n) is 2.80. The maximum absolute atomic E-state index is 13.0. The minimum absolute atomic E-state index is 0.241. The lowest BCUT2D eigenvalue weighted by Crippen LogP contribution is -2.54. The maximum atomic E-state index is 13.0. The summed E-state index contributed by atoms with van der Waals surface area (Å²) < 4.78 is 10.8. The zero-order chi connectivity index (χ0) is 23.6. The van der Waals surface area contributed by atoms with Gasteiger partial charge in [-0.2, -0.15) is 0 Å². The molecule has 11 heteroatoms. The highest BCUT2D eigenvalue weighted by atomic mass is 32.2. The molecule has 5 N–H and O–H groups in total. The van der Waals surface area contributed by atoms with E-state index in [1.54, 1.807) is 19.1 Å². The Kier molecular flexibility index (Phi) is 9.95. The van der Waals surface area contributed by atoms with Crippen LogP contribution in [0, 0.1) is 0 Å². The molecule has 176 valence electrons. The molecule has 2 heterocycles. The summed E-state index contributed by atoms with van der Waals surface area (Å²) in [5.41, 5.74) is 10.2. The van der Waals surface area contributed by atoms with Crippen LogP contribution in [0.15, 0.2) is 44.1 Å². The number of nitrogens with two attached hydrogens (primary N) is 2. The minimum Gasteiger partial charge on any atom is -0.489 e. The van der Waals surface area contributed by atoms with Crippen LogP contribution in [-0.2, 0) is 9.63 Å². The average Bonchev–Trinajstić information content (AvgIpc) is 3.18. The van der Waals surface area contributed by atoms with Gasteiger partial charge in [0.2, 0.25) is 0 Å². The molecule has 1 aliphatic heterocycles. The van der Waals surface area contributed by atoms with Crippen molar-refractivity contribution >= 4 is 28.4 Å². The molecule has 0 saturated carbocycles.